The van der Waals surface area contributed by atoms with E-state index in [0.29, 0.717) is 5.92 Å². The lowest BCUT2D eigenvalue weighted by Crippen LogP contribution is -2.04. The van der Waals surface area contributed by atoms with Gasteiger partial charge in [0.1, 0.15) is 5.82 Å². The Hall–Kier alpha value is -5.25. The SMILES string of the molecule is CC(C)c1cc(-c2ccccc2)ccc1-n1c(-c2ccc3sc4cc5cc6ccccc6cc5cc4c3c2)nc2ccccc21. The van der Waals surface area contributed by atoms with E-state index in [9.17, 15) is 0 Å². The molecular weight excluding hydrogens is 565 g/mol. The first-order chi connectivity index (χ1) is 22.1. The second-order valence-electron chi connectivity index (χ2n) is 12.3. The van der Waals surface area contributed by atoms with Crippen LogP contribution in [0.15, 0.2) is 140 Å². The zero-order valence-corrected chi connectivity index (χ0v) is 26.0. The Balaban J connectivity index is 1.26. The van der Waals surface area contributed by atoms with Crippen LogP contribution >= 0.6 is 11.3 Å². The summed E-state index contributed by atoms with van der Waals surface area (Å²) in [6, 6.07) is 50.9. The van der Waals surface area contributed by atoms with Gasteiger partial charge in [0, 0.05) is 25.7 Å². The van der Waals surface area contributed by atoms with Crippen molar-refractivity contribution in [2.24, 2.45) is 0 Å². The van der Waals surface area contributed by atoms with E-state index >= 15 is 0 Å². The Morgan fingerprint density at radius 2 is 1.22 bits per heavy atom. The van der Waals surface area contributed by atoms with Crippen molar-refractivity contribution >= 4 is 64.1 Å². The predicted molar refractivity (Wildman–Crippen MR) is 194 cm³/mol. The Bertz CT molecular complexity index is 2570. The number of thiophene rings is 1. The van der Waals surface area contributed by atoms with Crippen LogP contribution in [0.3, 0.4) is 0 Å². The van der Waals surface area contributed by atoms with E-state index in [0.717, 1.165) is 22.4 Å². The molecule has 0 spiro atoms. The summed E-state index contributed by atoms with van der Waals surface area (Å²) in [6.07, 6.45) is 0. The number of hydrogen-bond donors (Lipinski definition) is 0. The van der Waals surface area contributed by atoms with Gasteiger partial charge in [0.25, 0.3) is 0 Å². The maximum Gasteiger partial charge on any atom is 0.145 e. The molecule has 9 rings (SSSR count). The molecule has 2 nitrogen and oxygen atoms in total. The van der Waals surface area contributed by atoms with Crippen LogP contribution in [0.5, 0.6) is 0 Å². The maximum atomic E-state index is 5.26. The maximum absolute atomic E-state index is 5.26. The highest BCUT2D eigenvalue weighted by atomic mass is 32.1. The minimum atomic E-state index is 0.338. The number of imidazole rings is 1. The van der Waals surface area contributed by atoms with Gasteiger partial charge in [-0.15, -0.1) is 11.3 Å². The van der Waals surface area contributed by atoms with Crippen LogP contribution in [0, 0.1) is 0 Å². The molecule has 214 valence electrons. The number of rotatable bonds is 4. The Kier molecular flexibility index (Phi) is 5.91. The van der Waals surface area contributed by atoms with Crippen LogP contribution in [0.1, 0.15) is 25.3 Å². The van der Waals surface area contributed by atoms with Crippen molar-refractivity contribution in [3.8, 4) is 28.2 Å². The molecule has 0 N–H and O–H groups in total. The van der Waals surface area contributed by atoms with E-state index in [-0.39, 0.29) is 0 Å². The minimum absolute atomic E-state index is 0.338. The molecule has 0 fully saturated rings. The van der Waals surface area contributed by atoms with Gasteiger partial charge in [-0.1, -0.05) is 86.6 Å². The molecule has 2 aromatic heterocycles. The molecule has 0 atom stereocenters. The Morgan fingerprint density at radius 3 is 2.02 bits per heavy atom. The molecule has 0 saturated carbocycles. The van der Waals surface area contributed by atoms with E-state index in [2.05, 4.69) is 158 Å². The van der Waals surface area contributed by atoms with Crippen molar-refractivity contribution in [3.05, 3.63) is 145 Å². The van der Waals surface area contributed by atoms with Gasteiger partial charge in [-0.2, -0.15) is 0 Å². The molecule has 7 aromatic carbocycles. The zero-order chi connectivity index (χ0) is 30.1. The molecule has 45 heavy (non-hydrogen) atoms. The van der Waals surface area contributed by atoms with Gasteiger partial charge in [0.05, 0.1) is 16.7 Å². The molecule has 0 amide bonds. The molecule has 0 bridgehead atoms. The first-order valence-electron chi connectivity index (χ1n) is 15.6. The predicted octanol–water partition coefficient (Wildman–Crippen LogP) is 12.2. The Labute approximate surface area is 265 Å². The lowest BCUT2D eigenvalue weighted by atomic mass is 9.95. The van der Waals surface area contributed by atoms with E-state index in [1.807, 2.05) is 11.3 Å². The number of aromatic nitrogens is 2. The third-order valence-electron chi connectivity index (χ3n) is 9.11. The lowest BCUT2D eigenvalue weighted by Gasteiger charge is -2.18. The van der Waals surface area contributed by atoms with Crippen molar-refractivity contribution in [2.75, 3.05) is 0 Å². The summed E-state index contributed by atoms with van der Waals surface area (Å²) in [5.41, 5.74) is 8.21. The van der Waals surface area contributed by atoms with Gasteiger partial charge in [-0.05, 0) is 111 Å². The topological polar surface area (TPSA) is 17.8 Å². The largest absolute Gasteiger partial charge is 0.292 e. The summed E-state index contributed by atoms with van der Waals surface area (Å²) in [6.45, 7) is 4.56. The van der Waals surface area contributed by atoms with E-state index < -0.39 is 0 Å². The molecule has 0 unspecified atom stereocenters. The standard InChI is InChI=1S/C42H30N2S/c1-26(2)34-22-30(27-10-4-3-5-11-27)16-18-38(34)44-39-15-9-8-14-37(39)43-42(44)31-17-19-40-35(23-31)36-24-32-20-28-12-6-7-13-29(28)21-33(32)25-41(36)45-40/h3-26H,1-2H3. The quantitative estimate of drug-likeness (QED) is 0.185. The summed E-state index contributed by atoms with van der Waals surface area (Å²) < 4.78 is 4.99. The molecule has 2 heterocycles. The molecule has 0 aliphatic heterocycles. The van der Waals surface area contributed by atoms with Gasteiger partial charge in [0.15, 0.2) is 0 Å². The van der Waals surface area contributed by atoms with Crippen molar-refractivity contribution in [3.63, 3.8) is 0 Å². The van der Waals surface area contributed by atoms with Gasteiger partial charge in [0.2, 0.25) is 0 Å². The molecule has 9 aromatic rings. The van der Waals surface area contributed by atoms with Gasteiger partial charge in [-0.25, -0.2) is 4.98 Å². The van der Waals surface area contributed by atoms with E-state index in [1.165, 1.54) is 64.1 Å². The van der Waals surface area contributed by atoms with Crippen molar-refractivity contribution in [1.82, 2.24) is 9.55 Å². The highest BCUT2D eigenvalue weighted by Gasteiger charge is 2.20. The number of fused-ring (bicyclic) bond motifs is 6. The summed E-state index contributed by atoms with van der Waals surface area (Å²) >= 11 is 1.87. The van der Waals surface area contributed by atoms with Gasteiger partial charge in [-0.3, -0.25) is 4.57 Å². The summed E-state index contributed by atoms with van der Waals surface area (Å²) in [5.74, 6) is 1.31. The minimum Gasteiger partial charge on any atom is -0.292 e. The highest BCUT2D eigenvalue weighted by molar-refractivity contribution is 7.25. The Morgan fingerprint density at radius 1 is 0.533 bits per heavy atom. The number of nitrogens with zero attached hydrogens (tertiary/aromatic N) is 2. The zero-order valence-electron chi connectivity index (χ0n) is 25.2. The fourth-order valence-electron chi connectivity index (χ4n) is 6.85. The molecule has 0 aliphatic rings. The molecular formula is C42H30N2S. The molecule has 0 aliphatic carbocycles. The number of hydrogen-bond acceptors (Lipinski definition) is 2. The van der Waals surface area contributed by atoms with E-state index in [1.54, 1.807) is 0 Å². The smallest absolute Gasteiger partial charge is 0.145 e. The molecule has 0 saturated heterocycles. The van der Waals surface area contributed by atoms with Crippen LogP contribution in [-0.4, -0.2) is 9.55 Å². The van der Waals surface area contributed by atoms with Crippen LogP contribution in [-0.2, 0) is 0 Å². The fourth-order valence-corrected chi connectivity index (χ4v) is 7.96. The third kappa shape index (κ3) is 4.27. The summed E-state index contributed by atoms with van der Waals surface area (Å²) in [5, 5.41) is 7.71. The average Bonchev–Trinajstić information content (AvgIpc) is 3.64. The monoisotopic (exact) mass is 594 g/mol. The van der Waals surface area contributed by atoms with Gasteiger partial charge < -0.3 is 0 Å². The van der Waals surface area contributed by atoms with Crippen molar-refractivity contribution < 1.29 is 0 Å². The van der Waals surface area contributed by atoms with Crippen molar-refractivity contribution in [1.29, 1.82) is 0 Å². The second-order valence-corrected chi connectivity index (χ2v) is 13.3. The first kappa shape index (κ1) is 26.2. The van der Waals surface area contributed by atoms with Crippen molar-refractivity contribution in [2.45, 2.75) is 19.8 Å². The van der Waals surface area contributed by atoms with Crippen LogP contribution in [0.25, 0.3) is 81.0 Å². The van der Waals surface area contributed by atoms with Gasteiger partial charge >= 0.3 is 0 Å². The molecule has 3 heteroatoms. The highest BCUT2D eigenvalue weighted by Crippen LogP contribution is 2.41. The third-order valence-corrected chi connectivity index (χ3v) is 10.2. The normalized spacial score (nSPS) is 12.0. The fraction of sp³-hybridized carbons (Fsp3) is 0.0714. The summed E-state index contributed by atoms with van der Waals surface area (Å²) in [4.78, 5) is 5.26. The lowest BCUT2D eigenvalue weighted by molar-refractivity contribution is 0.851. The van der Waals surface area contributed by atoms with Crippen LogP contribution in [0.2, 0.25) is 0 Å². The average molecular weight is 595 g/mol. The second kappa shape index (κ2) is 10.2. The number of para-hydroxylation sites is 2. The molecule has 0 radical (unpaired) electrons. The van der Waals surface area contributed by atoms with E-state index in [4.69, 9.17) is 4.98 Å². The van der Waals surface area contributed by atoms with Crippen LogP contribution in [0.4, 0.5) is 0 Å². The number of benzene rings is 7. The van der Waals surface area contributed by atoms with Crippen LogP contribution < -0.4 is 0 Å². The first-order valence-corrected chi connectivity index (χ1v) is 16.4. The summed E-state index contributed by atoms with van der Waals surface area (Å²) in [7, 11) is 0.